The highest BCUT2D eigenvalue weighted by atomic mass is 14.2. The third-order valence-electron chi connectivity index (χ3n) is 5.93. The second-order valence-electron chi connectivity index (χ2n) is 7.69. The van der Waals surface area contributed by atoms with Crippen molar-refractivity contribution in [2.45, 2.75) is 32.1 Å². The first kappa shape index (κ1) is 15.6. The Kier molecular flexibility index (Phi) is 3.97. The van der Waals surface area contributed by atoms with Gasteiger partial charge in [-0.05, 0) is 68.8 Å². The highest BCUT2D eigenvalue weighted by Gasteiger charge is 2.13. The molecule has 0 N–H and O–H groups in total. The Morgan fingerprint density at radius 3 is 2.38 bits per heavy atom. The van der Waals surface area contributed by atoms with E-state index in [0.717, 1.165) is 5.92 Å². The number of allylic oxidation sites excluding steroid dienone is 2. The molecule has 0 atom stereocenters. The molecule has 0 heterocycles. The van der Waals surface area contributed by atoms with Crippen LogP contribution in [-0.4, -0.2) is 0 Å². The fourth-order valence-corrected chi connectivity index (χ4v) is 4.62. The summed E-state index contributed by atoms with van der Waals surface area (Å²) in [5.41, 5.74) is 4.09. The molecule has 0 amide bonds. The summed E-state index contributed by atoms with van der Waals surface area (Å²) in [5.74, 6) is 0.765. The summed E-state index contributed by atoms with van der Waals surface area (Å²) >= 11 is 0. The monoisotopic (exact) mass is 336 g/mol. The van der Waals surface area contributed by atoms with Gasteiger partial charge in [-0.1, -0.05) is 86.0 Å². The van der Waals surface area contributed by atoms with Crippen LogP contribution in [0.15, 0.2) is 72.3 Å². The van der Waals surface area contributed by atoms with Gasteiger partial charge in [0.1, 0.15) is 0 Å². The standard InChI is InChI=1S/C26H24/c1-2-8-19(9-3-1)16-20-17-22-12-7-15-25(26(22)18-20)24-14-6-11-21-10-4-5-13-23(21)24/h4-7,10-19H,1-3,8-9H2. The summed E-state index contributed by atoms with van der Waals surface area (Å²) in [6, 6.07) is 22.1. The number of hydrogen-bond acceptors (Lipinski definition) is 0. The second kappa shape index (κ2) is 6.61. The average molecular weight is 336 g/mol. The SMILES string of the molecule is C(=C1C=c2cccc(-c3cccc4ccccc34)c2=C1)C1CCCCC1. The Balaban J connectivity index is 1.65. The van der Waals surface area contributed by atoms with Crippen LogP contribution in [-0.2, 0) is 0 Å². The first-order valence-electron chi connectivity index (χ1n) is 9.91. The first-order valence-corrected chi connectivity index (χ1v) is 9.91. The summed E-state index contributed by atoms with van der Waals surface area (Å²) in [6.45, 7) is 0. The molecule has 0 unspecified atom stereocenters. The normalized spacial score (nSPS) is 18.5. The Hall–Kier alpha value is -2.60. The van der Waals surface area contributed by atoms with E-state index in [0.29, 0.717) is 0 Å². The Morgan fingerprint density at radius 2 is 1.46 bits per heavy atom. The van der Waals surface area contributed by atoms with Gasteiger partial charge >= 0.3 is 0 Å². The molecule has 0 aromatic heterocycles. The van der Waals surface area contributed by atoms with E-state index >= 15 is 0 Å². The number of hydrogen-bond donors (Lipinski definition) is 0. The van der Waals surface area contributed by atoms with Crippen molar-refractivity contribution < 1.29 is 0 Å². The number of rotatable bonds is 2. The highest BCUT2D eigenvalue weighted by molar-refractivity contribution is 5.97. The molecule has 0 nitrogen and oxygen atoms in total. The van der Waals surface area contributed by atoms with Gasteiger partial charge in [0.2, 0.25) is 0 Å². The lowest BCUT2D eigenvalue weighted by Gasteiger charge is -2.18. The van der Waals surface area contributed by atoms with Crippen LogP contribution >= 0.6 is 0 Å². The van der Waals surface area contributed by atoms with Crippen LogP contribution in [0.25, 0.3) is 34.1 Å². The van der Waals surface area contributed by atoms with E-state index in [2.05, 4.69) is 78.9 Å². The molecule has 128 valence electrons. The molecular weight excluding hydrogens is 312 g/mol. The van der Waals surface area contributed by atoms with Crippen molar-refractivity contribution in [1.29, 1.82) is 0 Å². The average Bonchev–Trinajstić information content (AvgIpc) is 3.11. The maximum Gasteiger partial charge on any atom is -0.00990 e. The van der Waals surface area contributed by atoms with Crippen LogP contribution in [0.5, 0.6) is 0 Å². The third-order valence-corrected chi connectivity index (χ3v) is 5.93. The molecule has 2 aliphatic rings. The van der Waals surface area contributed by atoms with Crippen LogP contribution in [0.1, 0.15) is 32.1 Å². The molecular formula is C26H24. The Labute approximate surface area is 155 Å². The predicted molar refractivity (Wildman–Crippen MR) is 112 cm³/mol. The van der Waals surface area contributed by atoms with Gasteiger partial charge in [0.15, 0.2) is 0 Å². The van der Waals surface area contributed by atoms with Gasteiger partial charge in [-0.2, -0.15) is 0 Å². The zero-order valence-corrected chi connectivity index (χ0v) is 15.1. The van der Waals surface area contributed by atoms with Crippen molar-refractivity contribution in [3.05, 3.63) is 82.8 Å². The van der Waals surface area contributed by atoms with E-state index in [1.54, 1.807) is 0 Å². The quantitative estimate of drug-likeness (QED) is 0.572. The molecule has 3 aromatic rings. The van der Waals surface area contributed by atoms with Crippen LogP contribution in [0.3, 0.4) is 0 Å². The number of benzene rings is 3. The molecule has 0 radical (unpaired) electrons. The van der Waals surface area contributed by atoms with E-state index in [1.165, 1.54) is 70.0 Å². The van der Waals surface area contributed by atoms with Gasteiger partial charge in [-0.3, -0.25) is 0 Å². The zero-order valence-electron chi connectivity index (χ0n) is 15.1. The molecule has 0 heteroatoms. The fraction of sp³-hybridized carbons (Fsp3) is 0.231. The Bertz CT molecular complexity index is 1100. The fourth-order valence-electron chi connectivity index (χ4n) is 4.62. The lowest BCUT2D eigenvalue weighted by Crippen LogP contribution is -2.23. The number of fused-ring (bicyclic) bond motifs is 2. The van der Waals surface area contributed by atoms with E-state index < -0.39 is 0 Å². The van der Waals surface area contributed by atoms with E-state index in [-0.39, 0.29) is 0 Å². The van der Waals surface area contributed by atoms with Crippen molar-refractivity contribution in [3.63, 3.8) is 0 Å². The highest BCUT2D eigenvalue weighted by Crippen LogP contribution is 2.28. The maximum absolute atomic E-state index is 2.52. The molecule has 5 rings (SSSR count). The van der Waals surface area contributed by atoms with Gasteiger partial charge in [0.25, 0.3) is 0 Å². The third kappa shape index (κ3) is 2.80. The van der Waals surface area contributed by atoms with Crippen LogP contribution in [0.4, 0.5) is 0 Å². The molecule has 0 saturated heterocycles. The van der Waals surface area contributed by atoms with Crippen molar-refractivity contribution in [3.8, 4) is 11.1 Å². The lowest BCUT2D eigenvalue weighted by atomic mass is 9.88. The first-order chi connectivity index (χ1) is 12.9. The van der Waals surface area contributed by atoms with Crippen molar-refractivity contribution in [1.82, 2.24) is 0 Å². The van der Waals surface area contributed by atoms with Crippen molar-refractivity contribution in [2.24, 2.45) is 5.92 Å². The van der Waals surface area contributed by atoms with Crippen LogP contribution in [0, 0.1) is 5.92 Å². The van der Waals surface area contributed by atoms with Crippen LogP contribution < -0.4 is 10.4 Å². The van der Waals surface area contributed by atoms with E-state index in [1.807, 2.05) is 0 Å². The molecule has 1 saturated carbocycles. The minimum Gasteiger partial charge on any atom is -0.0741 e. The maximum atomic E-state index is 2.52. The molecule has 0 spiro atoms. The molecule has 3 aromatic carbocycles. The van der Waals surface area contributed by atoms with Gasteiger partial charge in [0.05, 0.1) is 0 Å². The minimum absolute atomic E-state index is 0.765. The summed E-state index contributed by atoms with van der Waals surface area (Å²) in [5, 5.41) is 5.38. The van der Waals surface area contributed by atoms with Crippen LogP contribution in [0.2, 0.25) is 0 Å². The molecule has 0 bridgehead atoms. The summed E-state index contributed by atoms with van der Waals surface area (Å²) in [7, 11) is 0. The molecule has 1 fully saturated rings. The summed E-state index contributed by atoms with van der Waals surface area (Å²) < 4.78 is 0. The topological polar surface area (TPSA) is 0 Å². The van der Waals surface area contributed by atoms with Gasteiger partial charge in [-0.25, -0.2) is 0 Å². The van der Waals surface area contributed by atoms with Gasteiger partial charge < -0.3 is 0 Å². The lowest BCUT2D eigenvalue weighted by molar-refractivity contribution is 0.419. The van der Waals surface area contributed by atoms with Gasteiger partial charge in [-0.15, -0.1) is 0 Å². The predicted octanol–water partition coefficient (Wildman–Crippen LogP) is 5.59. The largest absolute Gasteiger partial charge is 0.0741 e. The molecule has 0 aliphatic heterocycles. The second-order valence-corrected chi connectivity index (χ2v) is 7.69. The smallest absolute Gasteiger partial charge is 0.00990 e. The van der Waals surface area contributed by atoms with Gasteiger partial charge in [0, 0.05) is 0 Å². The van der Waals surface area contributed by atoms with E-state index in [9.17, 15) is 0 Å². The van der Waals surface area contributed by atoms with Crippen molar-refractivity contribution in [2.75, 3.05) is 0 Å². The Morgan fingerprint density at radius 1 is 0.692 bits per heavy atom. The van der Waals surface area contributed by atoms with E-state index in [4.69, 9.17) is 0 Å². The minimum atomic E-state index is 0.765. The zero-order chi connectivity index (χ0) is 17.3. The van der Waals surface area contributed by atoms with Crippen molar-refractivity contribution >= 4 is 22.9 Å². The molecule has 26 heavy (non-hydrogen) atoms. The summed E-state index contributed by atoms with van der Waals surface area (Å²) in [6.07, 6.45) is 14.2. The molecule has 2 aliphatic carbocycles. The summed E-state index contributed by atoms with van der Waals surface area (Å²) in [4.78, 5) is 0.